The molecule has 2 nitrogen and oxygen atoms in total. The molecule has 2 rings (SSSR count). The zero-order valence-electron chi connectivity index (χ0n) is 12.7. The molecule has 1 aromatic rings. The van der Waals surface area contributed by atoms with Gasteiger partial charge in [0.05, 0.1) is 0 Å². The lowest BCUT2D eigenvalue weighted by atomic mass is 9.84. The smallest absolute Gasteiger partial charge is 0.0414 e. The van der Waals surface area contributed by atoms with Gasteiger partial charge in [-0.25, -0.2) is 0 Å². The Morgan fingerprint density at radius 3 is 2.47 bits per heavy atom. The van der Waals surface area contributed by atoms with Crippen LogP contribution in [0.1, 0.15) is 50.2 Å². The van der Waals surface area contributed by atoms with E-state index in [1.54, 1.807) is 0 Å². The van der Waals surface area contributed by atoms with Gasteiger partial charge in [0.15, 0.2) is 0 Å². The van der Waals surface area contributed by atoms with Crippen molar-refractivity contribution in [3.8, 4) is 0 Å². The van der Waals surface area contributed by atoms with Gasteiger partial charge in [-0.1, -0.05) is 25.5 Å². The number of nitrogens with two attached hydrogens (primary N) is 1. The van der Waals surface area contributed by atoms with Crippen LogP contribution in [0.2, 0.25) is 0 Å². The number of benzene rings is 1. The summed E-state index contributed by atoms with van der Waals surface area (Å²) in [5, 5.41) is 0. The maximum atomic E-state index is 5.88. The summed E-state index contributed by atoms with van der Waals surface area (Å²) in [6.07, 6.45) is 6.76. The minimum Gasteiger partial charge on any atom is -0.371 e. The van der Waals surface area contributed by atoms with Gasteiger partial charge in [0.25, 0.3) is 0 Å². The maximum absolute atomic E-state index is 5.88. The Kier molecular flexibility index (Phi) is 4.87. The quantitative estimate of drug-likeness (QED) is 0.890. The third-order valence-electron chi connectivity index (χ3n) is 4.78. The molecule has 0 unspecified atom stereocenters. The number of nitrogens with zero attached hydrogens (tertiary/aromatic N) is 1. The minimum absolute atomic E-state index is 0.629. The highest BCUT2D eigenvalue weighted by atomic mass is 15.1. The lowest BCUT2D eigenvalue weighted by Gasteiger charge is -2.36. The third kappa shape index (κ3) is 3.30. The van der Waals surface area contributed by atoms with Crippen molar-refractivity contribution >= 4 is 5.69 Å². The third-order valence-corrected chi connectivity index (χ3v) is 4.78. The first-order valence-electron chi connectivity index (χ1n) is 7.68. The summed E-state index contributed by atoms with van der Waals surface area (Å²) >= 11 is 0. The van der Waals surface area contributed by atoms with Crippen LogP contribution in [0.4, 0.5) is 5.69 Å². The number of hydrogen-bond acceptors (Lipinski definition) is 2. The van der Waals surface area contributed by atoms with E-state index in [9.17, 15) is 0 Å². The molecule has 0 radical (unpaired) electrons. The summed E-state index contributed by atoms with van der Waals surface area (Å²) in [4.78, 5) is 2.47. The second-order valence-corrected chi connectivity index (χ2v) is 6.03. The van der Waals surface area contributed by atoms with Crippen molar-refractivity contribution in [2.45, 2.75) is 58.5 Å². The molecule has 19 heavy (non-hydrogen) atoms. The Bertz CT molecular complexity index is 406. The van der Waals surface area contributed by atoms with Gasteiger partial charge in [0.1, 0.15) is 0 Å². The molecular formula is C17H28N2. The summed E-state index contributed by atoms with van der Waals surface area (Å²) in [7, 11) is 2.24. The molecule has 2 N–H and O–H groups in total. The fraction of sp³-hybridized carbons (Fsp3) is 0.647. The van der Waals surface area contributed by atoms with Crippen LogP contribution in [0.5, 0.6) is 0 Å². The minimum atomic E-state index is 0.629. The molecule has 2 heteroatoms. The van der Waals surface area contributed by atoms with Crippen LogP contribution in [0.15, 0.2) is 18.2 Å². The second-order valence-electron chi connectivity index (χ2n) is 6.03. The summed E-state index contributed by atoms with van der Waals surface area (Å²) in [6, 6.07) is 7.32. The van der Waals surface area contributed by atoms with Crippen LogP contribution < -0.4 is 10.6 Å². The molecular weight excluding hydrogens is 232 g/mol. The van der Waals surface area contributed by atoms with E-state index >= 15 is 0 Å². The molecule has 0 amide bonds. The first-order valence-corrected chi connectivity index (χ1v) is 7.68. The number of anilines is 1. The highest BCUT2D eigenvalue weighted by Gasteiger charge is 2.24. The van der Waals surface area contributed by atoms with E-state index in [1.165, 1.54) is 48.9 Å². The SMILES string of the molecule is CCC1CCC(N(C)c2cc(C)ccc2CN)CC1. The van der Waals surface area contributed by atoms with E-state index in [2.05, 4.69) is 44.0 Å². The molecule has 1 aromatic carbocycles. The van der Waals surface area contributed by atoms with Crippen molar-refractivity contribution in [2.75, 3.05) is 11.9 Å². The summed E-state index contributed by atoms with van der Waals surface area (Å²) in [5.41, 5.74) is 9.81. The Morgan fingerprint density at radius 1 is 1.21 bits per heavy atom. The van der Waals surface area contributed by atoms with Gasteiger partial charge in [0.2, 0.25) is 0 Å². The standard InChI is InChI=1S/C17H28N2/c1-4-14-6-9-16(10-7-14)19(3)17-11-13(2)5-8-15(17)12-18/h5,8,11,14,16H,4,6-7,9-10,12,18H2,1-3H3. The molecule has 0 bridgehead atoms. The molecule has 1 saturated carbocycles. The molecule has 0 heterocycles. The van der Waals surface area contributed by atoms with Crippen LogP contribution in [0.25, 0.3) is 0 Å². The number of hydrogen-bond donors (Lipinski definition) is 1. The fourth-order valence-electron chi connectivity index (χ4n) is 3.31. The van der Waals surface area contributed by atoms with Crippen LogP contribution >= 0.6 is 0 Å². The van der Waals surface area contributed by atoms with Crippen molar-refractivity contribution in [2.24, 2.45) is 11.7 Å². The Morgan fingerprint density at radius 2 is 1.89 bits per heavy atom. The monoisotopic (exact) mass is 260 g/mol. The largest absolute Gasteiger partial charge is 0.371 e. The van der Waals surface area contributed by atoms with Gasteiger partial charge in [-0.3, -0.25) is 0 Å². The number of aryl methyl sites for hydroxylation is 1. The highest BCUT2D eigenvalue weighted by Crippen LogP contribution is 2.32. The Balaban J connectivity index is 2.11. The average molecular weight is 260 g/mol. The van der Waals surface area contributed by atoms with Crippen LogP contribution in [-0.4, -0.2) is 13.1 Å². The van der Waals surface area contributed by atoms with E-state index in [0.717, 1.165) is 5.92 Å². The summed E-state index contributed by atoms with van der Waals surface area (Å²) in [5.74, 6) is 0.955. The van der Waals surface area contributed by atoms with E-state index in [1.807, 2.05) is 0 Å². The van der Waals surface area contributed by atoms with Gasteiger partial charge < -0.3 is 10.6 Å². The molecule has 106 valence electrons. The molecule has 0 aromatic heterocycles. The lowest BCUT2D eigenvalue weighted by Crippen LogP contribution is -2.35. The van der Waals surface area contributed by atoms with E-state index < -0.39 is 0 Å². The van der Waals surface area contributed by atoms with Gasteiger partial charge >= 0.3 is 0 Å². The molecule has 0 aliphatic heterocycles. The van der Waals surface area contributed by atoms with Crippen molar-refractivity contribution in [3.63, 3.8) is 0 Å². The summed E-state index contributed by atoms with van der Waals surface area (Å²) in [6.45, 7) is 5.11. The Hall–Kier alpha value is -1.02. The predicted molar refractivity (Wildman–Crippen MR) is 83.5 cm³/mol. The first kappa shape index (κ1) is 14.4. The van der Waals surface area contributed by atoms with Gasteiger partial charge in [-0.2, -0.15) is 0 Å². The van der Waals surface area contributed by atoms with Gasteiger partial charge in [0, 0.05) is 25.3 Å². The molecule has 0 spiro atoms. The van der Waals surface area contributed by atoms with E-state index in [0.29, 0.717) is 12.6 Å². The van der Waals surface area contributed by atoms with Crippen molar-refractivity contribution in [1.82, 2.24) is 0 Å². The molecule has 1 aliphatic rings. The highest BCUT2D eigenvalue weighted by molar-refractivity contribution is 5.55. The van der Waals surface area contributed by atoms with E-state index in [4.69, 9.17) is 5.73 Å². The first-order chi connectivity index (χ1) is 9.15. The lowest BCUT2D eigenvalue weighted by molar-refractivity contribution is 0.313. The Labute approximate surface area is 118 Å². The predicted octanol–water partition coefficient (Wildman–Crippen LogP) is 3.86. The van der Waals surface area contributed by atoms with Gasteiger partial charge in [-0.15, -0.1) is 0 Å². The summed E-state index contributed by atoms with van der Waals surface area (Å²) < 4.78 is 0. The average Bonchev–Trinajstić information content (AvgIpc) is 2.46. The zero-order valence-corrected chi connectivity index (χ0v) is 12.7. The molecule has 0 atom stereocenters. The molecule has 1 aliphatic carbocycles. The van der Waals surface area contributed by atoms with Crippen molar-refractivity contribution in [3.05, 3.63) is 29.3 Å². The normalized spacial score (nSPS) is 23.4. The topological polar surface area (TPSA) is 29.3 Å². The van der Waals surface area contributed by atoms with Crippen LogP contribution in [0, 0.1) is 12.8 Å². The van der Waals surface area contributed by atoms with Crippen molar-refractivity contribution in [1.29, 1.82) is 0 Å². The van der Waals surface area contributed by atoms with E-state index in [-0.39, 0.29) is 0 Å². The van der Waals surface area contributed by atoms with Crippen LogP contribution in [-0.2, 0) is 6.54 Å². The maximum Gasteiger partial charge on any atom is 0.0414 e. The van der Waals surface area contributed by atoms with Crippen molar-refractivity contribution < 1.29 is 0 Å². The van der Waals surface area contributed by atoms with Gasteiger partial charge in [-0.05, 0) is 55.7 Å². The molecule has 0 saturated heterocycles. The number of rotatable bonds is 4. The zero-order chi connectivity index (χ0) is 13.8. The fourth-order valence-corrected chi connectivity index (χ4v) is 3.31. The second kappa shape index (κ2) is 6.42. The molecule has 1 fully saturated rings. The van der Waals surface area contributed by atoms with Crippen LogP contribution in [0.3, 0.4) is 0 Å².